The lowest BCUT2D eigenvalue weighted by Gasteiger charge is -2.07. The first-order valence-electron chi connectivity index (χ1n) is 9.83. The van der Waals surface area contributed by atoms with E-state index in [0.717, 1.165) is 23.3 Å². The maximum absolute atomic E-state index is 11.9. The Balaban J connectivity index is 1.76. The van der Waals surface area contributed by atoms with Crippen LogP contribution in [0.5, 0.6) is 0 Å². The Hall–Kier alpha value is -3.40. The van der Waals surface area contributed by atoms with E-state index in [0.29, 0.717) is 28.3 Å². The highest BCUT2D eigenvalue weighted by atomic mass is 16.4. The largest absolute Gasteiger partial charge is 0.478 e. The van der Waals surface area contributed by atoms with Crippen LogP contribution >= 0.6 is 0 Å². The number of aryl methyl sites for hydroxylation is 1. The zero-order valence-corrected chi connectivity index (χ0v) is 16.8. The Bertz CT molecular complexity index is 1190. The molecule has 146 valence electrons. The molecule has 0 aliphatic rings. The van der Waals surface area contributed by atoms with Crippen molar-refractivity contribution >= 4 is 16.9 Å². The standard InChI is InChI=1S/C25H23NO3/c1-4-16-5-10-21-19(13-16)20(25(27)28)14-22(26-21)24-12-11-23(29-24)18-8-6-17(7-9-18)15(2)3/h5-15H,4H2,1-3H3,(H,27,28). The molecule has 2 heterocycles. The second kappa shape index (κ2) is 7.55. The molecule has 0 aliphatic heterocycles. The lowest BCUT2D eigenvalue weighted by Crippen LogP contribution is -2.00. The predicted octanol–water partition coefficient (Wildman–Crippen LogP) is 6.55. The topological polar surface area (TPSA) is 63.3 Å². The summed E-state index contributed by atoms with van der Waals surface area (Å²) in [6, 6.07) is 19.4. The Labute approximate surface area is 169 Å². The third-order valence-electron chi connectivity index (χ3n) is 5.23. The minimum absolute atomic E-state index is 0.236. The first kappa shape index (κ1) is 18.9. The van der Waals surface area contributed by atoms with E-state index in [9.17, 15) is 9.90 Å². The summed E-state index contributed by atoms with van der Waals surface area (Å²) in [6.45, 7) is 6.37. The summed E-state index contributed by atoms with van der Waals surface area (Å²) in [5, 5.41) is 10.4. The number of furan rings is 1. The summed E-state index contributed by atoms with van der Waals surface area (Å²) < 4.78 is 6.03. The van der Waals surface area contributed by atoms with Crippen LogP contribution in [-0.4, -0.2) is 16.1 Å². The van der Waals surface area contributed by atoms with Gasteiger partial charge in [-0.3, -0.25) is 0 Å². The molecule has 0 aliphatic carbocycles. The molecule has 0 saturated carbocycles. The molecule has 1 N–H and O–H groups in total. The molecule has 0 bridgehead atoms. The third kappa shape index (κ3) is 3.66. The van der Waals surface area contributed by atoms with Crippen molar-refractivity contribution in [2.45, 2.75) is 33.1 Å². The van der Waals surface area contributed by atoms with Crippen LogP contribution in [0, 0.1) is 0 Å². The summed E-state index contributed by atoms with van der Waals surface area (Å²) in [4.78, 5) is 16.5. The van der Waals surface area contributed by atoms with Crippen molar-refractivity contribution in [1.82, 2.24) is 4.98 Å². The molecule has 0 amide bonds. The molecule has 0 atom stereocenters. The normalized spacial score (nSPS) is 11.3. The van der Waals surface area contributed by atoms with Crippen LogP contribution in [0.25, 0.3) is 33.7 Å². The van der Waals surface area contributed by atoms with Crippen molar-refractivity contribution in [3.63, 3.8) is 0 Å². The van der Waals surface area contributed by atoms with Crippen molar-refractivity contribution in [3.8, 4) is 22.8 Å². The molecule has 4 nitrogen and oxygen atoms in total. The number of benzene rings is 2. The predicted molar refractivity (Wildman–Crippen MR) is 115 cm³/mol. The van der Waals surface area contributed by atoms with E-state index in [1.54, 1.807) is 6.07 Å². The Morgan fingerprint density at radius 2 is 1.72 bits per heavy atom. The summed E-state index contributed by atoms with van der Waals surface area (Å²) in [5.41, 5.74) is 4.74. The van der Waals surface area contributed by atoms with Gasteiger partial charge in [0.2, 0.25) is 0 Å². The SMILES string of the molecule is CCc1ccc2nc(-c3ccc(-c4ccc(C(C)C)cc4)o3)cc(C(=O)O)c2c1. The van der Waals surface area contributed by atoms with Crippen LogP contribution in [0.15, 0.2) is 65.1 Å². The average molecular weight is 385 g/mol. The van der Waals surface area contributed by atoms with E-state index in [1.807, 2.05) is 49.4 Å². The van der Waals surface area contributed by atoms with Gasteiger partial charge < -0.3 is 9.52 Å². The van der Waals surface area contributed by atoms with E-state index < -0.39 is 5.97 Å². The number of pyridine rings is 1. The van der Waals surface area contributed by atoms with E-state index in [1.165, 1.54) is 5.56 Å². The zero-order chi connectivity index (χ0) is 20.5. The first-order chi connectivity index (χ1) is 14.0. The van der Waals surface area contributed by atoms with Gasteiger partial charge in [0.1, 0.15) is 11.5 Å². The number of fused-ring (bicyclic) bond motifs is 1. The number of hydrogen-bond acceptors (Lipinski definition) is 3. The van der Waals surface area contributed by atoms with Gasteiger partial charge in [0.25, 0.3) is 0 Å². The van der Waals surface area contributed by atoms with Crippen LogP contribution in [0.2, 0.25) is 0 Å². The number of carboxylic acids is 1. The number of carboxylic acid groups (broad SMARTS) is 1. The highest BCUT2D eigenvalue weighted by Crippen LogP contribution is 2.31. The molecule has 0 saturated heterocycles. The summed E-state index contributed by atoms with van der Waals surface area (Å²) >= 11 is 0. The number of aromatic nitrogens is 1. The van der Waals surface area contributed by atoms with E-state index in [2.05, 4.69) is 31.0 Å². The van der Waals surface area contributed by atoms with Gasteiger partial charge in [-0.25, -0.2) is 9.78 Å². The number of rotatable bonds is 5. The minimum atomic E-state index is -0.969. The van der Waals surface area contributed by atoms with Gasteiger partial charge in [-0.2, -0.15) is 0 Å². The molecule has 2 aromatic heterocycles. The second-order valence-corrected chi connectivity index (χ2v) is 7.51. The lowest BCUT2D eigenvalue weighted by atomic mass is 10.0. The van der Waals surface area contributed by atoms with E-state index in [4.69, 9.17) is 4.42 Å². The van der Waals surface area contributed by atoms with Gasteiger partial charge >= 0.3 is 5.97 Å². The molecule has 4 heteroatoms. The number of hydrogen-bond donors (Lipinski definition) is 1. The van der Waals surface area contributed by atoms with E-state index in [-0.39, 0.29) is 5.56 Å². The summed E-state index contributed by atoms with van der Waals surface area (Å²) in [7, 11) is 0. The Kier molecular flexibility index (Phi) is 4.93. The molecule has 0 fully saturated rings. The van der Waals surface area contributed by atoms with Crippen LogP contribution in [0.4, 0.5) is 0 Å². The van der Waals surface area contributed by atoms with E-state index >= 15 is 0 Å². The van der Waals surface area contributed by atoms with Crippen LogP contribution < -0.4 is 0 Å². The number of aromatic carboxylic acids is 1. The zero-order valence-electron chi connectivity index (χ0n) is 16.8. The monoisotopic (exact) mass is 385 g/mol. The van der Waals surface area contributed by atoms with Gasteiger partial charge in [-0.05, 0) is 53.8 Å². The van der Waals surface area contributed by atoms with Crippen molar-refractivity contribution < 1.29 is 14.3 Å². The molecule has 0 radical (unpaired) electrons. The molecule has 4 aromatic rings. The molecular weight excluding hydrogens is 362 g/mol. The summed E-state index contributed by atoms with van der Waals surface area (Å²) in [5.74, 6) is 0.788. The average Bonchev–Trinajstić information content (AvgIpc) is 3.22. The number of nitrogens with zero attached hydrogens (tertiary/aromatic N) is 1. The van der Waals surface area contributed by atoms with Gasteiger partial charge in [0.15, 0.2) is 5.76 Å². The van der Waals surface area contributed by atoms with Gasteiger partial charge in [0.05, 0.1) is 11.1 Å². The molecule has 2 aromatic carbocycles. The second-order valence-electron chi connectivity index (χ2n) is 7.51. The maximum atomic E-state index is 11.9. The number of carbonyl (C=O) groups is 1. The molecule has 0 unspecified atom stereocenters. The maximum Gasteiger partial charge on any atom is 0.336 e. The van der Waals surface area contributed by atoms with Crippen molar-refractivity contribution in [2.75, 3.05) is 0 Å². The quantitative estimate of drug-likeness (QED) is 0.423. The minimum Gasteiger partial charge on any atom is -0.478 e. The van der Waals surface area contributed by atoms with Crippen molar-refractivity contribution in [3.05, 3.63) is 77.4 Å². The fourth-order valence-electron chi connectivity index (χ4n) is 3.46. The smallest absolute Gasteiger partial charge is 0.336 e. The van der Waals surface area contributed by atoms with Crippen LogP contribution in [0.3, 0.4) is 0 Å². The molecule has 0 spiro atoms. The highest BCUT2D eigenvalue weighted by molar-refractivity contribution is 6.03. The summed E-state index contributed by atoms with van der Waals surface area (Å²) in [6.07, 6.45) is 0.841. The van der Waals surface area contributed by atoms with Gasteiger partial charge in [-0.15, -0.1) is 0 Å². The fraction of sp³-hybridized carbons (Fsp3) is 0.200. The van der Waals surface area contributed by atoms with Gasteiger partial charge in [0, 0.05) is 10.9 Å². The van der Waals surface area contributed by atoms with Crippen LogP contribution in [-0.2, 0) is 6.42 Å². The van der Waals surface area contributed by atoms with Crippen molar-refractivity contribution in [1.29, 1.82) is 0 Å². The first-order valence-corrected chi connectivity index (χ1v) is 9.83. The third-order valence-corrected chi connectivity index (χ3v) is 5.23. The van der Waals surface area contributed by atoms with Gasteiger partial charge in [-0.1, -0.05) is 51.1 Å². The molecule has 29 heavy (non-hydrogen) atoms. The Morgan fingerprint density at radius 3 is 2.38 bits per heavy atom. The fourth-order valence-corrected chi connectivity index (χ4v) is 3.46. The molecule has 4 rings (SSSR count). The highest BCUT2D eigenvalue weighted by Gasteiger charge is 2.16. The lowest BCUT2D eigenvalue weighted by molar-refractivity contribution is 0.0699. The molecular formula is C25H23NO3. The van der Waals surface area contributed by atoms with Crippen molar-refractivity contribution in [2.24, 2.45) is 0 Å². The Morgan fingerprint density at radius 1 is 1.00 bits per heavy atom. The van der Waals surface area contributed by atoms with Crippen LogP contribution in [0.1, 0.15) is 48.2 Å².